The molecule has 0 saturated carbocycles. The number of halogens is 1. The fourth-order valence-corrected chi connectivity index (χ4v) is 3.54. The summed E-state index contributed by atoms with van der Waals surface area (Å²) in [6.07, 6.45) is 3.70. The Balaban J connectivity index is 1.79. The smallest absolute Gasteiger partial charge is 0.179 e. The fraction of sp³-hybridized carbons (Fsp3) is 0.111. The molecule has 148 valence electrons. The molecule has 0 fully saturated rings. The Morgan fingerprint density at radius 2 is 1.90 bits per heavy atom. The van der Waals surface area contributed by atoms with Crippen molar-refractivity contribution in [3.05, 3.63) is 54.4 Å². The van der Waals surface area contributed by atoms with Gasteiger partial charge in [-0.1, -0.05) is 0 Å². The van der Waals surface area contributed by atoms with Gasteiger partial charge in [-0.2, -0.15) is 0 Å². The summed E-state index contributed by atoms with van der Waals surface area (Å²) in [5.74, 6) is 1.16. The predicted molar refractivity (Wildman–Crippen MR) is 107 cm³/mol. The van der Waals surface area contributed by atoms with Crippen molar-refractivity contribution in [2.75, 3.05) is 16.9 Å². The number of H-pyrrole nitrogens is 1. The van der Waals surface area contributed by atoms with E-state index in [-0.39, 0.29) is 10.7 Å². The quantitative estimate of drug-likeness (QED) is 0.456. The van der Waals surface area contributed by atoms with Gasteiger partial charge in [-0.15, -0.1) is 0 Å². The van der Waals surface area contributed by atoms with Gasteiger partial charge in [0, 0.05) is 18.5 Å². The minimum Gasteiger partial charge on any atom is -0.337 e. The number of pyridine rings is 3. The summed E-state index contributed by atoms with van der Waals surface area (Å²) >= 11 is 0. The second-order valence-electron chi connectivity index (χ2n) is 6.31. The number of sulfone groups is 1. The molecule has 0 aliphatic carbocycles. The topological polar surface area (TPSA) is 126 Å². The normalized spacial score (nSPS) is 11.6. The van der Waals surface area contributed by atoms with Gasteiger partial charge in [0.15, 0.2) is 15.5 Å². The van der Waals surface area contributed by atoms with Crippen molar-refractivity contribution in [1.29, 1.82) is 0 Å². The average Bonchev–Trinajstić information content (AvgIpc) is 3.04. The fourth-order valence-electron chi connectivity index (χ4n) is 2.76. The Hall–Kier alpha value is -3.60. The van der Waals surface area contributed by atoms with E-state index in [2.05, 4.69) is 35.6 Å². The number of imidazole rings is 1. The van der Waals surface area contributed by atoms with E-state index in [0.29, 0.717) is 34.3 Å². The second-order valence-corrected chi connectivity index (χ2v) is 8.29. The van der Waals surface area contributed by atoms with Gasteiger partial charge in [0.1, 0.15) is 39.5 Å². The number of aryl methyl sites for hydroxylation is 1. The highest BCUT2D eigenvalue weighted by Gasteiger charge is 2.17. The van der Waals surface area contributed by atoms with Crippen LogP contribution < -0.4 is 10.6 Å². The molecule has 0 amide bonds. The van der Waals surface area contributed by atoms with Crippen LogP contribution in [0.1, 0.15) is 5.82 Å². The molecule has 9 nitrogen and oxygen atoms in total. The molecule has 0 bridgehead atoms. The summed E-state index contributed by atoms with van der Waals surface area (Å²) in [6, 6.07) is 7.43. The first-order valence-corrected chi connectivity index (χ1v) is 10.4. The highest BCUT2D eigenvalue weighted by molar-refractivity contribution is 7.90. The molecule has 0 aliphatic heterocycles. The number of aromatic amines is 1. The molecule has 4 rings (SSSR count). The van der Waals surface area contributed by atoms with Crippen LogP contribution in [-0.2, 0) is 9.84 Å². The Kier molecular flexibility index (Phi) is 4.59. The zero-order chi connectivity index (χ0) is 20.6. The third kappa shape index (κ3) is 3.99. The van der Waals surface area contributed by atoms with Gasteiger partial charge in [-0.25, -0.2) is 32.7 Å². The van der Waals surface area contributed by atoms with Crippen LogP contribution in [0.3, 0.4) is 0 Å². The van der Waals surface area contributed by atoms with Crippen LogP contribution in [0.5, 0.6) is 0 Å². The zero-order valence-corrected chi connectivity index (χ0v) is 16.2. The first-order valence-electron chi connectivity index (χ1n) is 8.47. The third-order valence-electron chi connectivity index (χ3n) is 3.98. The van der Waals surface area contributed by atoms with Crippen molar-refractivity contribution in [2.24, 2.45) is 0 Å². The standard InChI is InChI=1S/C18H16FN7O2S/c1-10-22-16-12(24-17-13(29(2,27)28)4-3-7-20-17)8-15(26-18(16)23-10)25-14-6-5-11(19)9-21-14/h3-9H,1-2H3,(H3,20,21,22,23,24,25,26). The van der Waals surface area contributed by atoms with Gasteiger partial charge in [0.25, 0.3) is 0 Å². The number of anilines is 4. The van der Waals surface area contributed by atoms with Gasteiger partial charge < -0.3 is 15.6 Å². The first kappa shape index (κ1) is 18.7. The van der Waals surface area contributed by atoms with E-state index in [0.717, 1.165) is 12.5 Å². The summed E-state index contributed by atoms with van der Waals surface area (Å²) in [5, 5.41) is 6.03. The summed E-state index contributed by atoms with van der Waals surface area (Å²) in [7, 11) is -3.49. The Bertz CT molecular complexity index is 1300. The minimum atomic E-state index is -3.49. The molecule has 0 atom stereocenters. The summed E-state index contributed by atoms with van der Waals surface area (Å²) in [6.45, 7) is 1.78. The maximum Gasteiger partial charge on any atom is 0.179 e. The van der Waals surface area contributed by atoms with E-state index in [4.69, 9.17) is 0 Å². The molecule has 0 spiro atoms. The van der Waals surface area contributed by atoms with Crippen molar-refractivity contribution in [3.8, 4) is 0 Å². The van der Waals surface area contributed by atoms with Crippen LogP contribution in [0.15, 0.2) is 47.6 Å². The molecule has 29 heavy (non-hydrogen) atoms. The molecule has 0 aliphatic rings. The number of nitrogens with zero attached hydrogens (tertiary/aromatic N) is 4. The van der Waals surface area contributed by atoms with Gasteiger partial charge in [-0.3, -0.25) is 0 Å². The van der Waals surface area contributed by atoms with E-state index in [9.17, 15) is 12.8 Å². The maximum absolute atomic E-state index is 13.1. The van der Waals surface area contributed by atoms with E-state index in [1.54, 1.807) is 19.1 Å². The molecule has 0 aromatic carbocycles. The van der Waals surface area contributed by atoms with Crippen LogP contribution in [0.25, 0.3) is 11.2 Å². The largest absolute Gasteiger partial charge is 0.337 e. The Morgan fingerprint density at radius 3 is 2.62 bits per heavy atom. The lowest BCUT2D eigenvalue weighted by Crippen LogP contribution is -2.05. The van der Waals surface area contributed by atoms with E-state index in [1.807, 2.05) is 0 Å². The molecule has 4 heterocycles. The number of hydrogen-bond donors (Lipinski definition) is 3. The lowest BCUT2D eigenvalue weighted by molar-refractivity contribution is 0.602. The van der Waals surface area contributed by atoms with E-state index < -0.39 is 15.7 Å². The minimum absolute atomic E-state index is 0.0620. The molecule has 11 heteroatoms. The van der Waals surface area contributed by atoms with Crippen LogP contribution in [0.4, 0.5) is 27.5 Å². The van der Waals surface area contributed by atoms with E-state index >= 15 is 0 Å². The van der Waals surface area contributed by atoms with Crippen molar-refractivity contribution in [1.82, 2.24) is 24.9 Å². The summed E-state index contributed by atoms with van der Waals surface area (Å²) in [5.41, 5.74) is 1.49. The predicted octanol–water partition coefficient (Wildman–Crippen LogP) is 3.09. The highest BCUT2D eigenvalue weighted by atomic mass is 32.2. The van der Waals surface area contributed by atoms with Crippen molar-refractivity contribution < 1.29 is 12.8 Å². The lowest BCUT2D eigenvalue weighted by atomic mass is 10.3. The molecular weight excluding hydrogens is 397 g/mol. The second kappa shape index (κ2) is 7.09. The molecule has 4 aromatic rings. The molecule has 3 N–H and O–H groups in total. The van der Waals surface area contributed by atoms with Gasteiger partial charge in [-0.05, 0) is 31.2 Å². The molecule has 0 radical (unpaired) electrons. The number of nitrogens with one attached hydrogen (secondary N) is 3. The monoisotopic (exact) mass is 413 g/mol. The average molecular weight is 413 g/mol. The zero-order valence-electron chi connectivity index (χ0n) is 15.4. The van der Waals surface area contributed by atoms with E-state index in [1.165, 1.54) is 24.4 Å². The molecule has 0 saturated heterocycles. The van der Waals surface area contributed by atoms with Crippen LogP contribution in [0, 0.1) is 12.7 Å². The Labute approximate surface area is 165 Å². The number of hydrogen-bond acceptors (Lipinski definition) is 8. The molecular formula is C18H16FN7O2S. The SMILES string of the molecule is Cc1nc2c(Nc3ncccc3S(C)(=O)=O)cc(Nc3ccc(F)cn3)nc2[nH]1. The highest BCUT2D eigenvalue weighted by Crippen LogP contribution is 2.29. The van der Waals surface area contributed by atoms with Crippen molar-refractivity contribution in [2.45, 2.75) is 11.8 Å². The van der Waals surface area contributed by atoms with Crippen molar-refractivity contribution >= 4 is 44.1 Å². The summed E-state index contributed by atoms with van der Waals surface area (Å²) in [4.78, 5) is 20.1. The van der Waals surface area contributed by atoms with Crippen LogP contribution in [0.2, 0.25) is 0 Å². The van der Waals surface area contributed by atoms with Crippen LogP contribution >= 0.6 is 0 Å². The number of rotatable bonds is 5. The molecule has 0 unspecified atom stereocenters. The first-order chi connectivity index (χ1) is 13.8. The van der Waals surface area contributed by atoms with Crippen LogP contribution in [-0.4, -0.2) is 39.6 Å². The number of fused-ring (bicyclic) bond motifs is 1. The van der Waals surface area contributed by atoms with Gasteiger partial charge in [0.2, 0.25) is 0 Å². The summed E-state index contributed by atoms with van der Waals surface area (Å²) < 4.78 is 37.3. The number of aromatic nitrogens is 5. The molecule has 4 aromatic heterocycles. The van der Waals surface area contributed by atoms with Gasteiger partial charge >= 0.3 is 0 Å². The Morgan fingerprint density at radius 1 is 1.07 bits per heavy atom. The maximum atomic E-state index is 13.1. The van der Waals surface area contributed by atoms with Gasteiger partial charge in [0.05, 0.1) is 11.9 Å². The van der Waals surface area contributed by atoms with Crippen molar-refractivity contribution in [3.63, 3.8) is 0 Å². The lowest BCUT2D eigenvalue weighted by Gasteiger charge is -2.12. The third-order valence-corrected chi connectivity index (χ3v) is 5.11.